The minimum absolute atomic E-state index is 0.00875. The number of carbonyl (C=O) groups is 1. The molecule has 4 aromatic carbocycles. The van der Waals surface area contributed by atoms with Gasteiger partial charge in [-0.2, -0.15) is 0 Å². The summed E-state index contributed by atoms with van der Waals surface area (Å²) in [6, 6.07) is 32.6. The molecule has 1 fully saturated rings. The molecule has 43 heavy (non-hydrogen) atoms. The zero-order valence-corrected chi connectivity index (χ0v) is 25.7. The van der Waals surface area contributed by atoms with Crippen molar-refractivity contribution in [2.24, 2.45) is 5.92 Å². The van der Waals surface area contributed by atoms with Crippen molar-refractivity contribution in [1.29, 1.82) is 0 Å². The van der Waals surface area contributed by atoms with Crippen LogP contribution in [0.5, 0.6) is 0 Å². The largest absolute Gasteiger partial charge is 0.392 e. The number of hydrogen-bond donors (Lipinski definition) is 2. The molecule has 1 saturated heterocycles. The Morgan fingerprint density at radius 2 is 1.65 bits per heavy atom. The van der Waals surface area contributed by atoms with E-state index in [1.807, 2.05) is 60.7 Å². The Balaban J connectivity index is 1.25. The van der Waals surface area contributed by atoms with E-state index in [1.54, 1.807) is 23.1 Å². The molecule has 0 radical (unpaired) electrons. The predicted molar refractivity (Wildman–Crippen MR) is 173 cm³/mol. The van der Waals surface area contributed by atoms with E-state index in [0.717, 1.165) is 49.0 Å². The summed E-state index contributed by atoms with van der Waals surface area (Å²) in [5.41, 5.74) is 7.11. The van der Waals surface area contributed by atoms with Crippen molar-refractivity contribution in [3.63, 3.8) is 0 Å². The molecule has 0 spiro atoms. The van der Waals surface area contributed by atoms with Gasteiger partial charge >= 0.3 is 0 Å². The van der Waals surface area contributed by atoms with Crippen LogP contribution >= 0.6 is 23.1 Å². The predicted octanol–water partition coefficient (Wildman–Crippen LogP) is 7.68. The van der Waals surface area contributed by atoms with Crippen LogP contribution in [0, 0.1) is 5.92 Å². The topological polar surface area (TPSA) is 80.7 Å². The molecule has 4 atom stereocenters. The monoisotopic (exact) mass is 610 g/mol. The van der Waals surface area contributed by atoms with E-state index in [-0.39, 0.29) is 30.6 Å². The van der Waals surface area contributed by atoms with Crippen molar-refractivity contribution < 1.29 is 19.4 Å². The summed E-state index contributed by atoms with van der Waals surface area (Å²) in [6.07, 6.45) is -0.787. The van der Waals surface area contributed by atoms with E-state index in [4.69, 9.17) is 14.5 Å². The average Bonchev–Trinajstić information content (AvgIpc) is 3.47. The lowest BCUT2D eigenvalue weighted by Crippen LogP contribution is -2.38. The highest BCUT2D eigenvalue weighted by Crippen LogP contribution is 2.44. The van der Waals surface area contributed by atoms with Gasteiger partial charge in [-0.1, -0.05) is 104 Å². The number of ether oxygens (including phenoxy) is 2. The molecule has 1 aliphatic rings. The number of para-hydroxylation sites is 1. The lowest BCUT2D eigenvalue weighted by atomic mass is 9.91. The number of benzene rings is 4. The van der Waals surface area contributed by atoms with E-state index in [2.05, 4.69) is 48.6 Å². The number of thioether (sulfide) groups is 1. The first kappa shape index (κ1) is 29.5. The normalized spacial score (nSPS) is 20.3. The quantitative estimate of drug-likeness (QED) is 0.167. The average molecular weight is 611 g/mol. The zero-order chi connectivity index (χ0) is 29.8. The third-order valence-electron chi connectivity index (χ3n) is 7.81. The van der Waals surface area contributed by atoms with Crippen LogP contribution in [0.25, 0.3) is 21.3 Å². The van der Waals surface area contributed by atoms with Gasteiger partial charge in [0.1, 0.15) is 0 Å². The highest BCUT2D eigenvalue weighted by Gasteiger charge is 2.38. The van der Waals surface area contributed by atoms with Gasteiger partial charge in [-0.3, -0.25) is 4.79 Å². The van der Waals surface area contributed by atoms with E-state index in [1.165, 1.54) is 11.6 Å². The number of aromatic nitrogens is 1. The third kappa shape index (κ3) is 6.84. The molecule has 6 rings (SSSR count). The lowest BCUT2D eigenvalue weighted by molar-refractivity contribution is -0.268. The van der Waals surface area contributed by atoms with E-state index < -0.39 is 6.29 Å². The van der Waals surface area contributed by atoms with Crippen LogP contribution in [0.4, 0.5) is 0 Å². The number of hydrogen-bond acceptors (Lipinski definition) is 7. The van der Waals surface area contributed by atoms with Crippen molar-refractivity contribution in [3.8, 4) is 11.1 Å². The number of aliphatic hydroxyl groups is 1. The molecule has 220 valence electrons. The number of nitrogens with zero attached hydrogens (tertiary/aromatic N) is 1. The maximum atomic E-state index is 11.5. The first-order valence-electron chi connectivity index (χ1n) is 14.4. The summed E-state index contributed by atoms with van der Waals surface area (Å²) in [7, 11) is 0. The number of aliphatic hydroxyl groups excluding tert-OH is 1. The fourth-order valence-electron chi connectivity index (χ4n) is 5.37. The zero-order valence-electron chi connectivity index (χ0n) is 24.1. The van der Waals surface area contributed by atoms with E-state index in [9.17, 15) is 9.90 Å². The Morgan fingerprint density at radius 3 is 2.40 bits per heavy atom. The Morgan fingerprint density at radius 1 is 0.930 bits per heavy atom. The van der Waals surface area contributed by atoms with Crippen LogP contribution in [0.1, 0.15) is 48.5 Å². The van der Waals surface area contributed by atoms with Crippen LogP contribution < -0.4 is 5.32 Å². The number of rotatable bonds is 9. The van der Waals surface area contributed by atoms with Crippen molar-refractivity contribution in [3.05, 3.63) is 119 Å². The Labute approximate surface area is 260 Å². The highest BCUT2D eigenvalue weighted by atomic mass is 32.2. The minimum Gasteiger partial charge on any atom is -0.392 e. The summed E-state index contributed by atoms with van der Waals surface area (Å²) >= 11 is 3.44. The van der Waals surface area contributed by atoms with Gasteiger partial charge in [0.2, 0.25) is 5.91 Å². The van der Waals surface area contributed by atoms with Gasteiger partial charge in [0.25, 0.3) is 0 Å². The Kier molecular flexibility index (Phi) is 9.21. The van der Waals surface area contributed by atoms with Crippen LogP contribution in [0.2, 0.25) is 0 Å². The molecule has 6 nitrogen and oxygen atoms in total. The Bertz CT molecular complexity index is 1650. The summed E-state index contributed by atoms with van der Waals surface area (Å²) in [5.74, 6) is 0.793. The molecule has 0 bridgehead atoms. The fraction of sp³-hybridized carbons (Fsp3) is 0.257. The van der Waals surface area contributed by atoms with Gasteiger partial charge in [-0.15, -0.1) is 11.3 Å². The summed E-state index contributed by atoms with van der Waals surface area (Å²) in [5, 5.41) is 12.5. The number of amides is 1. The molecule has 1 aliphatic heterocycles. The third-order valence-corrected chi connectivity index (χ3v) is 10.1. The molecule has 2 heterocycles. The molecule has 8 heteroatoms. The van der Waals surface area contributed by atoms with Gasteiger partial charge in [-0.05, 0) is 39.9 Å². The number of thiazole rings is 1. The number of carbonyl (C=O) groups excluding carboxylic acids is 1. The smallest absolute Gasteiger partial charge is 0.217 e. The van der Waals surface area contributed by atoms with Gasteiger partial charge in [0.05, 0.1) is 29.0 Å². The van der Waals surface area contributed by atoms with Gasteiger partial charge in [0.15, 0.2) is 10.6 Å². The Hall–Kier alpha value is -3.53. The van der Waals surface area contributed by atoms with Crippen LogP contribution in [-0.4, -0.2) is 27.9 Å². The van der Waals surface area contributed by atoms with Gasteiger partial charge in [0, 0.05) is 30.7 Å². The molecular formula is C35H34N2O4S2. The van der Waals surface area contributed by atoms with E-state index >= 15 is 0 Å². The van der Waals surface area contributed by atoms with Gasteiger partial charge < -0.3 is 19.9 Å². The molecule has 0 saturated carbocycles. The molecule has 1 amide bonds. The molecule has 4 unspecified atom stereocenters. The molecule has 2 N–H and O–H groups in total. The van der Waals surface area contributed by atoms with Crippen molar-refractivity contribution >= 4 is 39.2 Å². The number of nitrogens with one attached hydrogen (secondary N) is 1. The van der Waals surface area contributed by atoms with Crippen LogP contribution in [-0.2, 0) is 27.4 Å². The van der Waals surface area contributed by atoms with Gasteiger partial charge in [-0.25, -0.2) is 4.98 Å². The second-order valence-corrected chi connectivity index (χ2v) is 13.1. The molecular weight excluding hydrogens is 577 g/mol. The highest BCUT2D eigenvalue weighted by molar-refractivity contribution is 8.01. The summed E-state index contributed by atoms with van der Waals surface area (Å²) in [4.78, 5) is 16.3. The maximum Gasteiger partial charge on any atom is 0.217 e. The number of fused-ring (bicyclic) bond motifs is 1. The minimum atomic E-state index is -0.539. The maximum absolute atomic E-state index is 11.5. The van der Waals surface area contributed by atoms with Crippen molar-refractivity contribution in [2.75, 3.05) is 5.75 Å². The summed E-state index contributed by atoms with van der Waals surface area (Å²) in [6.45, 7) is 4.20. The first-order valence-corrected chi connectivity index (χ1v) is 16.2. The molecule has 0 aliphatic carbocycles. The molecule has 1 aromatic heterocycles. The SMILES string of the molecule is CC(=O)NCc1ccccc1-c1ccc(C2OC(CSc3nc4ccccc4s3)C(C)C(c3ccc(CO)cc3)O2)cc1. The lowest BCUT2D eigenvalue weighted by Gasteiger charge is -2.41. The second-order valence-electron chi connectivity index (χ2n) is 10.8. The standard InChI is InChI=1S/C35H34N2O4S2/c1-22-31(21-42-35-37-30-9-5-6-10-32(30)43-35)40-34(41-33(22)26-13-11-24(20-38)12-14-26)27-17-15-25(16-18-27)29-8-4-3-7-28(29)19-36-23(2)39/h3-18,22,31,33-34,38H,19-21H2,1-2H3,(H,36,39). The van der Waals surface area contributed by atoms with Crippen molar-refractivity contribution in [1.82, 2.24) is 10.3 Å². The summed E-state index contributed by atoms with van der Waals surface area (Å²) < 4.78 is 15.5. The molecule has 5 aromatic rings. The second kappa shape index (κ2) is 13.4. The fourth-order valence-corrected chi connectivity index (χ4v) is 7.63. The first-order chi connectivity index (χ1) is 21.0. The van der Waals surface area contributed by atoms with Crippen LogP contribution in [0.3, 0.4) is 0 Å². The van der Waals surface area contributed by atoms with E-state index in [0.29, 0.717) is 6.54 Å². The van der Waals surface area contributed by atoms with Crippen molar-refractivity contribution in [2.45, 2.75) is 49.8 Å². The van der Waals surface area contributed by atoms with Crippen LogP contribution in [0.15, 0.2) is 101 Å².